The molecule has 1 unspecified atom stereocenters. The first kappa shape index (κ1) is 27.4. The summed E-state index contributed by atoms with van der Waals surface area (Å²) in [5.74, 6) is -1.54. The molecule has 3 heterocycles. The van der Waals surface area contributed by atoms with Gasteiger partial charge in [0.1, 0.15) is 23.0 Å². The second-order valence-corrected chi connectivity index (χ2v) is 11.7. The monoisotopic (exact) mass is 540 g/mol. The van der Waals surface area contributed by atoms with E-state index in [-0.39, 0.29) is 41.1 Å². The smallest absolute Gasteiger partial charge is 0.151 e. The van der Waals surface area contributed by atoms with Crippen LogP contribution in [0.3, 0.4) is 0 Å². The number of sulfone groups is 1. The number of rotatable bonds is 10. The van der Waals surface area contributed by atoms with Crippen molar-refractivity contribution in [3.8, 4) is 22.6 Å². The van der Waals surface area contributed by atoms with E-state index in [2.05, 4.69) is 20.3 Å². The van der Waals surface area contributed by atoms with Gasteiger partial charge in [0.25, 0.3) is 0 Å². The molecule has 0 amide bonds. The van der Waals surface area contributed by atoms with E-state index in [9.17, 15) is 17.2 Å². The summed E-state index contributed by atoms with van der Waals surface area (Å²) in [4.78, 5) is 9.09. The number of hydrogen-bond acceptors (Lipinski definition) is 7. The van der Waals surface area contributed by atoms with Crippen LogP contribution in [0.5, 0.6) is 0 Å². The van der Waals surface area contributed by atoms with Gasteiger partial charge >= 0.3 is 0 Å². The normalized spacial score (nSPS) is 13.4. The van der Waals surface area contributed by atoms with Crippen molar-refractivity contribution in [1.29, 1.82) is 0 Å². The van der Waals surface area contributed by atoms with Gasteiger partial charge in [-0.2, -0.15) is 15.3 Å². The van der Waals surface area contributed by atoms with Crippen LogP contribution in [0.1, 0.15) is 62.9 Å². The van der Waals surface area contributed by atoms with Crippen molar-refractivity contribution in [1.82, 2.24) is 29.9 Å². The first-order valence-electron chi connectivity index (χ1n) is 12.5. The number of aryl methyl sites for hydroxylation is 1. The maximum absolute atomic E-state index is 14.4. The first-order chi connectivity index (χ1) is 18.1. The van der Waals surface area contributed by atoms with Gasteiger partial charge in [0.15, 0.2) is 9.84 Å². The Balaban J connectivity index is 1.66. The highest BCUT2D eigenvalue weighted by Gasteiger charge is 2.23. The zero-order valence-corrected chi connectivity index (χ0v) is 22.6. The molecule has 0 aliphatic carbocycles. The minimum absolute atomic E-state index is 0.0111. The topological polar surface area (TPSA) is 104 Å². The third-order valence-electron chi connectivity index (χ3n) is 6.70. The molecule has 0 N–H and O–H groups in total. The molecule has 3 aromatic heterocycles. The fourth-order valence-electron chi connectivity index (χ4n) is 4.08. The van der Waals surface area contributed by atoms with Crippen molar-refractivity contribution < 1.29 is 17.2 Å². The Morgan fingerprint density at radius 3 is 2.39 bits per heavy atom. The Labute approximate surface area is 221 Å². The van der Waals surface area contributed by atoms with Gasteiger partial charge in [-0.3, -0.25) is 9.67 Å². The Morgan fingerprint density at radius 1 is 0.974 bits per heavy atom. The van der Waals surface area contributed by atoms with Crippen LogP contribution in [0.2, 0.25) is 0 Å². The highest BCUT2D eigenvalue weighted by molar-refractivity contribution is 7.91. The highest BCUT2D eigenvalue weighted by atomic mass is 32.2. The molecule has 0 aliphatic heterocycles. The van der Waals surface area contributed by atoms with Gasteiger partial charge in [0, 0.05) is 24.1 Å². The lowest BCUT2D eigenvalue weighted by molar-refractivity contribution is 0.582. The number of benzene rings is 1. The molecule has 0 spiro atoms. The minimum Gasteiger partial charge on any atom is -0.271 e. The molecule has 0 bridgehead atoms. The predicted molar refractivity (Wildman–Crippen MR) is 141 cm³/mol. The fraction of sp³-hybridized carbons (Fsp3) is 0.370. The number of hydrogen-bond donors (Lipinski definition) is 0. The molecule has 4 aromatic rings. The highest BCUT2D eigenvalue weighted by Crippen LogP contribution is 2.33. The summed E-state index contributed by atoms with van der Waals surface area (Å²) in [7, 11) is -3.10. The molecular weight excluding hydrogens is 510 g/mol. The summed E-state index contributed by atoms with van der Waals surface area (Å²) in [6.45, 7) is 7.87. The third kappa shape index (κ3) is 5.93. The van der Waals surface area contributed by atoms with Crippen molar-refractivity contribution in [3.05, 3.63) is 77.5 Å². The Hall–Kier alpha value is -3.60. The summed E-state index contributed by atoms with van der Waals surface area (Å²) in [6.07, 6.45) is 5.75. The summed E-state index contributed by atoms with van der Waals surface area (Å²) in [5.41, 5.74) is 3.17. The molecule has 200 valence electrons. The molecule has 11 heteroatoms. The van der Waals surface area contributed by atoms with Gasteiger partial charge in [0.2, 0.25) is 0 Å². The van der Waals surface area contributed by atoms with E-state index in [0.717, 1.165) is 12.0 Å². The second-order valence-electron chi connectivity index (χ2n) is 9.23. The first-order valence-corrected chi connectivity index (χ1v) is 14.3. The van der Waals surface area contributed by atoms with E-state index in [1.807, 2.05) is 20.8 Å². The Kier molecular flexibility index (Phi) is 8.25. The maximum atomic E-state index is 14.4. The van der Waals surface area contributed by atoms with Crippen molar-refractivity contribution in [2.75, 3.05) is 11.5 Å². The van der Waals surface area contributed by atoms with E-state index >= 15 is 0 Å². The van der Waals surface area contributed by atoms with Gasteiger partial charge in [-0.05, 0) is 42.2 Å². The molecular formula is C27H30F2N6O2S. The maximum Gasteiger partial charge on any atom is 0.151 e. The van der Waals surface area contributed by atoms with Crippen LogP contribution in [0.25, 0.3) is 22.6 Å². The van der Waals surface area contributed by atoms with E-state index in [1.54, 1.807) is 42.3 Å². The summed E-state index contributed by atoms with van der Waals surface area (Å²) >= 11 is 0. The zero-order valence-electron chi connectivity index (χ0n) is 21.8. The van der Waals surface area contributed by atoms with Crippen LogP contribution in [0, 0.1) is 11.6 Å². The van der Waals surface area contributed by atoms with E-state index in [4.69, 9.17) is 4.98 Å². The molecule has 2 atom stereocenters. The number of nitrogens with zero attached hydrogens (tertiary/aromatic N) is 6. The Morgan fingerprint density at radius 2 is 1.71 bits per heavy atom. The Bertz CT molecular complexity index is 1520. The van der Waals surface area contributed by atoms with E-state index in [0.29, 0.717) is 22.8 Å². The van der Waals surface area contributed by atoms with E-state index in [1.165, 1.54) is 18.2 Å². The van der Waals surface area contributed by atoms with Crippen LogP contribution in [-0.2, 0) is 16.4 Å². The minimum atomic E-state index is -3.10. The quantitative estimate of drug-likeness (QED) is 0.273. The molecule has 8 nitrogen and oxygen atoms in total. The molecule has 0 saturated heterocycles. The molecule has 0 aliphatic rings. The molecule has 0 radical (unpaired) electrons. The number of aromatic nitrogens is 6. The second kappa shape index (κ2) is 11.4. The molecule has 0 fully saturated rings. The van der Waals surface area contributed by atoms with Gasteiger partial charge in [-0.15, -0.1) is 0 Å². The molecule has 0 saturated carbocycles. The molecule has 38 heavy (non-hydrogen) atoms. The third-order valence-corrected chi connectivity index (χ3v) is 8.38. The van der Waals surface area contributed by atoms with Gasteiger partial charge < -0.3 is 0 Å². The summed E-state index contributed by atoms with van der Waals surface area (Å²) in [5, 5.41) is 13.1. The summed E-state index contributed by atoms with van der Waals surface area (Å²) < 4.78 is 54.1. The molecule has 1 aromatic carbocycles. The van der Waals surface area contributed by atoms with Crippen LogP contribution in [0.15, 0.2) is 48.9 Å². The van der Waals surface area contributed by atoms with Crippen molar-refractivity contribution in [2.24, 2.45) is 0 Å². The summed E-state index contributed by atoms with van der Waals surface area (Å²) in [6, 6.07) is 7.18. The number of halogens is 2. The van der Waals surface area contributed by atoms with Crippen LogP contribution in [-0.4, -0.2) is 49.9 Å². The van der Waals surface area contributed by atoms with Crippen LogP contribution < -0.4 is 0 Å². The largest absolute Gasteiger partial charge is 0.271 e. The zero-order chi connectivity index (χ0) is 27.4. The van der Waals surface area contributed by atoms with Crippen LogP contribution in [0.4, 0.5) is 8.78 Å². The average molecular weight is 541 g/mol. The van der Waals surface area contributed by atoms with Gasteiger partial charge in [-0.25, -0.2) is 22.2 Å². The predicted octanol–water partition coefficient (Wildman–Crippen LogP) is 5.18. The van der Waals surface area contributed by atoms with Gasteiger partial charge in [0.05, 0.1) is 41.1 Å². The lowest BCUT2D eigenvalue weighted by Crippen LogP contribution is -2.15. The fourth-order valence-corrected chi connectivity index (χ4v) is 4.84. The average Bonchev–Trinajstić information content (AvgIpc) is 3.40. The van der Waals surface area contributed by atoms with E-state index < -0.39 is 21.5 Å². The standard InChI is InChI=1S/C27H30F2N6O2S/c1-5-17(3)19-14-23(26-20(28)8-7-9-21(26)29)32-33-27(19)18(4)24-15-30-16-25(31-24)22-10-11-35(34-22)12-13-38(36,37)6-2/h7-11,14-18H,5-6,12-13H2,1-4H3/t17-,18?/m0/s1. The van der Waals surface area contributed by atoms with Crippen LogP contribution >= 0.6 is 0 Å². The van der Waals surface area contributed by atoms with Crippen molar-refractivity contribution >= 4 is 9.84 Å². The lowest BCUT2D eigenvalue weighted by atomic mass is 9.90. The SMILES string of the molecule is CC[C@H](C)c1cc(-c2c(F)cccc2F)nnc1C(C)c1cncc(-c2ccn(CCS(=O)(=O)CC)n2)n1. The van der Waals surface area contributed by atoms with Gasteiger partial charge in [-0.1, -0.05) is 33.8 Å². The van der Waals surface area contributed by atoms with Crippen molar-refractivity contribution in [3.63, 3.8) is 0 Å². The lowest BCUT2D eigenvalue weighted by Gasteiger charge is -2.19. The van der Waals surface area contributed by atoms with Crippen molar-refractivity contribution in [2.45, 2.75) is 52.5 Å². The molecule has 4 rings (SSSR count).